The van der Waals surface area contributed by atoms with Crippen molar-refractivity contribution in [2.75, 3.05) is 29.9 Å². The molecule has 21 heavy (non-hydrogen) atoms. The molecule has 1 aromatic rings. The maximum Gasteiger partial charge on any atom is 0.282 e. The van der Waals surface area contributed by atoms with Crippen LogP contribution in [0.2, 0.25) is 0 Å². The van der Waals surface area contributed by atoms with Gasteiger partial charge in [0.05, 0.1) is 24.5 Å². The Morgan fingerprint density at radius 2 is 2.00 bits per heavy atom. The van der Waals surface area contributed by atoms with Crippen LogP contribution in [0.5, 0.6) is 0 Å². The minimum Gasteiger partial charge on any atom is -0.328 e. The molecule has 0 spiro atoms. The highest BCUT2D eigenvalue weighted by Gasteiger charge is 2.30. The van der Waals surface area contributed by atoms with Gasteiger partial charge in [0.1, 0.15) is 0 Å². The summed E-state index contributed by atoms with van der Waals surface area (Å²) in [4.78, 5) is 27.6. The smallest absolute Gasteiger partial charge is 0.282 e. The predicted molar refractivity (Wildman–Crippen MR) is 83.5 cm³/mol. The third kappa shape index (κ3) is 3.42. The maximum atomic E-state index is 12.7. The number of carbonyl (C=O) groups excluding carboxylic acids is 2. The summed E-state index contributed by atoms with van der Waals surface area (Å²) in [6.07, 6.45) is 0.327. The number of anilines is 2. The lowest BCUT2D eigenvalue weighted by Gasteiger charge is -2.29. The quantitative estimate of drug-likeness (QED) is 0.856. The molecule has 5 nitrogen and oxygen atoms in total. The highest BCUT2D eigenvalue weighted by Crippen LogP contribution is 2.30. The fraction of sp³-hybridized carbons (Fsp3) is 0.500. The number of hydrogen-bond acceptors (Lipinski definition) is 2. The van der Waals surface area contributed by atoms with Crippen molar-refractivity contribution in [2.24, 2.45) is 0 Å². The van der Waals surface area contributed by atoms with Gasteiger partial charge in [0.25, 0.3) is 5.91 Å². The summed E-state index contributed by atoms with van der Waals surface area (Å²) in [5.74, 6) is 0.0330. The maximum absolute atomic E-state index is 12.7. The van der Waals surface area contributed by atoms with Crippen LogP contribution in [0.4, 0.5) is 11.4 Å². The molecule has 2 amide bonds. The second kappa shape index (κ2) is 6.72. The van der Waals surface area contributed by atoms with Gasteiger partial charge in [0, 0.05) is 12.5 Å². The zero-order chi connectivity index (χ0) is 15.4. The first-order valence-electron chi connectivity index (χ1n) is 7.61. The van der Waals surface area contributed by atoms with Crippen LogP contribution in [0.3, 0.4) is 0 Å². The molecule has 0 fully saturated rings. The Hall–Kier alpha value is -1.88. The molecule has 5 heteroatoms. The van der Waals surface area contributed by atoms with Crippen LogP contribution in [-0.4, -0.2) is 37.5 Å². The predicted octanol–water partition coefficient (Wildman–Crippen LogP) is 0.675. The highest BCUT2D eigenvalue weighted by molar-refractivity contribution is 6.04. The summed E-state index contributed by atoms with van der Waals surface area (Å²) < 4.78 is 0. The van der Waals surface area contributed by atoms with E-state index in [9.17, 15) is 9.59 Å². The molecule has 1 aliphatic rings. The molecule has 1 aromatic carbocycles. The summed E-state index contributed by atoms with van der Waals surface area (Å²) in [5, 5.41) is 2.88. The van der Waals surface area contributed by atoms with E-state index in [1.807, 2.05) is 31.2 Å². The van der Waals surface area contributed by atoms with Gasteiger partial charge in [-0.15, -0.1) is 0 Å². The van der Waals surface area contributed by atoms with Crippen molar-refractivity contribution in [3.8, 4) is 0 Å². The normalized spacial score (nSPS) is 18.2. The van der Waals surface area contributed by atoms with Gasteiger partial charge in [-0.1, -0.05) is 12.1 Å². The Bertz CT molecular complexity index is 526. The Labute approximate surface area is 125 Å². The monoisotopic (exact) mass is 290 g/mol. The van der Waals surface area contributed by atoms with Crippen LogP contribution in [0.15, 0.2) is 24.3 Å². The fourth-order valence-electron chi connectivity index (χ4n) is 2.77. The number of nitrogens with zero attached hydrogens (tertiary/aromatic N) is 1. The number of likely N-dealkylation sites (N-methyl/N-ethyl adjacent to an activating group) is 1. The minimum absolute atomic E-state index is 0.0413. The number of para-hydroxylation sites is 2. The molecular weight excluding hydrogens is 266 g/mol. The molecule has 0 aromatic heterocycles. The van der Waals surface area contributed by atoms with E-state index in [1.165, 1.54) is 4.90 Å². The van der Waals surface area contributed by atoms with Gasteiger partial charge in [0.2, 0.25) is 5.91 Å². The molecule has 1 atom stereocenters. The molecule has 0 saturated heterocycles. The molecule has 2 rings (SSSR count). The van der Waals surface area contributed by atoms with Crippen LogP contribution in [0.25, 0.3) is 0 Å². The fourth-order valence-corrected chi connectivity index (χ4v) is 2.77. The first kappa shape index (κ1) is 15.5. The molecule has 0 aliphatic carbocycles. The summed E-state index contributed by atoms with van der Waals surface area (Å²) in [6.45, 7) is 8.39. The molecule has 114 valence electrons. The first-order valence-corrected chi connectivity index (χ1v) is 7.61. The van der Waals surface area contributed by atoms with Crippen LogP contribution in [-0.2, 0) is 9.59 Å². The van der Waals surface area contributed by atoms with Crippen molar-refractivity contribution >= 4 is 23.2 Å². The summed E-state index contributed by atoms with van der Waals surface area (Å²) >= 11 is 0. The van der Waals surface area contributed by atoms with E-state index in [4.69, 9.17) is 0 Å². The van der Waals surface area contributed by atoms with E-state index in [0.29, 0.717) is 13.0 Å². The number of benzene rings is 1. The Morgan fingerprint density at radius 1 is 1.33 bits per heavy atom. The van der Waals surface area contributed by atoms with Crippen molar-refractivity contribution in [3.63, 3.8) is 0 Å². The first-order chi connectivity index (χ1) is 10.1. The SMILES string of the molecule is CC[NH+](CC)CC(=O)N1c2ccccc2NC(=O)C[C@@H]1C. The summed E-state index contributed by atoms with van der Waals surface area (Å²) in [5.41, 5.74) is 1.52. The molecule has 0 radical (unpaired) electrons. The van der Waals surface area contributed by atoms with Crippen LogP contribution < -0.4 is 15.1 Å². The van der Waals surface area contributed by atoms with E-state index in [0.717, 1.165) is 24.5 Å². The average Bonchev–Trinajstić information content (AvgIpc) is 2.58. The van der Waals surface area contributed by atoms with E-state index in [2.05, 4.69) is 19.2 Å². The number of nitrogens with one attached hydrogen (secondary N) is 2. The zero-order valence-corrected chi connectivity index (χ0v) is 13.0. The zero-order valence-electron chi connectivity index (χ0n) is 13.0. The average molecular weight is 290 g/mol. The number of rotatable bonds is 4. The van der Waals surface area contributed by atoms with Gasteiger partial charge in [0.15, 0.2) is 6.54 Å². The van der Waals surface area contributed by atoms with Crippen molar-refractivity contribution in [2.45, 2.75) is 33.2 Å². The Kier molecular flexibility index (Phi) is 4.96. The molecule has 1 heterocycles. The van der Waals surface area contributed by atoms with Gasteiger partial charge in [-0.25, -0.2) is 0 Å². The van der Waals surface area contributed by atoms with Gasteiger partial charge in [-0.3, -0.25) is 9.59 Å². The standard InChI is InChI=1S/C16H23N3O2/c1-4-18(5-2)11-16(21)19-12(3)10-15(20)17-13-8-6-7-9-14(13)19/h6-9,12H,4-5,10-11H2,1-3H3,(H,17,20)/p+1/t12-/m0/s1. The molecule has 1 aliphatic heterocycles. The molecule has 0 saturated carbocycles. The topological polar surface area (TPSA) is 53.9 Å². The van der Waals surface area contributed by atoms with Crippen LogP contribution in [0.1, 0.15) is 27.2 Å². The molecule has 2 N–H and O–H groups in total. The highest BCUT2D eigenvalue weighted by atomic mass is 16.2. The third-order valence-electron chi connectivity index (χ3n) is 4.03. The Balaban J connectivity index is 2.32. The van der Waals surface area contributed by atoms with Gasteiger partial charge in [-0.05, 0) is 32.9 Å². The van der Waals surface area contributed by atoms with Crippen molar-refractivity contribution < 1.29 is 14.5 Å². The van der Waals surface area contributed by atoms with Crippen molar-refractivity contribution in [1.82, 2.24) is 0 Å². The lowest BCUT2D eigenvalue weighted by Crippen LogP contribution is -3.12. The second-order valence-corrected chi connectivity index (χ2v) is 5.52. The lowest BCUT2D eigenvalue weighted by molar-refractivity contribution is -0.888. The molecular formula is C16H24N3O2+. The third-order valence-corrected chi connectivity index (χ3v) is 4.03. The van der Waals surface area contributed by atoms with E-state index in [1.54, 1.807) is 4.90 Å². The number of carbonyl (C=O) groups is 2. The van der Waals surface area contributed by atoms with Crippen molar-refractivity contribution in [1.29, 1.82) is 0 Å². The van der Waals surface area contributed by atoms with Crippen molar-refractivity contribution in [3.05, 3.63) is 24.3 Å². The van der Waals surface area contributed by atoms with Gasteiger partial charge >= 0.3 is 0 Å². The van der Waals surface area contributed by atoms with Gasteiger partial charge in [-0.2, -0.15) is 0 Å². The lowest BCUT2D eigenvalue weighted by atomic mass is 10.1. The van der Waals surface area contributed by atoms with E-state index < -0.39 is 0 Å². The number of fused-ring (bicyclic) bond motifs is 1. The van der Waals surface area contributed by atoms with Crippen LogP contribution >= 0.6 is 0 Å². The van der Waals surface area contributed by atoms with E-state index in [-0.39, 0.29) is 17.9 Å². The largest absolute Gasteiger partial charge is 0.328 e. The summed E-state index contributed by atoms with van der Waals surface area (Å²) in [7, 11) is 0. The second-order valence-electron chi connectivity index (χ2n) is 5.52. The number of amides is 2. The Morgan fingerprint density at radius 3 is 2.67 bits per heavy atom. The molecule has 0 bridgehead atoms. The summed E-state index contributed by atoms with van der Waals surface area (Å²) in [6, 6.07) is 7.38. The number of hydrogen-bond donors (Lipinski definition) is 2. The van der Waals surface area contributed by atoms with Crippen LogP contribution in [0, 0.1) is 0 Å². The minimum atomic E-state index is -0.129. The van der Waals surface area contributed by atoms with E-state index >= 15 is 0 Å². The molecule has 0 unspecified atom stereocenters. The number of quaternary nitrogens is 1. The van der Waals surface area contributed by atoms with Gasteiger partial charge < -0.3 is 15.1 Å².